The summed E-state index contributed by atoms with van der Waals surface area (Å²) in [7, 11) is 0. The highest BCUT2D eigenvalue weighted by Gasteiger charge is 2.18. The lowest BCUT2D eigenvalue weighted by molar-refractivity contribution is 0.503. The van der Waals surface area contributed by atoms with Crippen molar-refractivity contribution in [3.8, 4) is 0 Å². The monoisotopic (exact) mass is 235 g/mol. The van der Waals surface area contributed by atoms with E-state index in [9.17, 15) is 0 Å². The maximum absolute atomic E-state index is 5.98. The number of rotatable bonds is 3. The Morgan fingerprint density at radius 3 is 3.00 bits per heavy atom. The second kappa shape index (κ2) is 5.31. The highest BCUT2D eigenvalue weighted by Crippen LogP contribution is 2.19. The smallest absolute Gasteiger partial charge is 0.134 e. The van der Waals surface area contributed by atoms with E-state index >= 15 is 0 Å². The van der Waals surface area contributed by atoms with Gasteiger partial charge in [0.2, 0.25) is 0 Å². The first-order chi connectivity index (χ1) is 8.15. The minimum absolute atomic E-state index is 0.264. The van der Waals surface area contributed by atoms with Gasteiger partial charge in [-0.25, -0.2) is 9.97 Å². The standard InChI is InChI=1S/C12H21N5/c1-9(2)16-11-6-12(15-8-14-11)17-5-3-4-10(13)7-17/h6,8-10H,3-5,7,13H2,1-2H3,(H,14,15,16). The van der Waals surface area contributed by atoms with Crippen LogP contribution in [0.1, 0.15) is 26.7 Å². The molecule has 17 heavy (non-hydrogen) atoms. The van der Waals surface area contributed by atoms with Gasteiger partial charge < -0.3 is 16.0 Å². The highest BCUT2D eigenvalue weighted by atomic mass is 15.2. The van der Waals surface area contributed by atoms with Gasteiger partial charge in [0, 0.05) is 31.2 Å². The van der Waals surface area contributed by atoms with Gasteiger partial charge in [-0.2, -0.15) is 0 Å². The number of anilines is 2. The molecular weight excluding hydrogens is 214 g/mol. The van der Waals surface area contributed by atoms with Gasteiger partial charge in [0.25, 0.3) is 0 Å². The van der Waals surface area contributed by atoms with Gasteiger partial charge in [0.1, 0.15) is 18.0 Å². The molecule has 3 N–H and O–H groups in total. The van der Waals surface area contributed by atoms with Gasteiger partial charge in [0.05, 0.1) is 0 Å². The van der Waals surface area contributed by atoms with Crippen molar-refractivity contribution in [1.82, 2.24) is 9.97 Å². The van der Waals surface area contributed by atoms with Crippen LogP contribution in [0.15, 0.2) is 12.4 Å². The van der Waals surface area contributed by atoms with Crippen molar-refractivity contribution in [2.75, 3.05) is 23.3 Å². The molecule has 0 amide bonds. The van der Waals surface area contributed by atoms with Crippen molar-refractivity contribution < 1.29 is 0 Å². The number of hydrogen-bond donors (Lipinski definition) is 2. The lowest BCUT2D eigenvalue weighted by Gasteiger charge is -2.31. The zero-order chi connectivity index (χ0) is 12.3. The summed E-state index contributed by atoms with van der Waals surface area (Å²) in [6.45, 7) is 6.11. The molecule has 2 heterocycles. The molecule has 1 aliphatic rings. The van der Waals surface area contributed by atoms with E-state index in [-0.39, 0.29) is 6.04 Å². The molecule has 1 atom stereocenters. The molecule has 0 aliphatic carbocycles. The van der Waals surface area contributed by atoms with Gasteiger partial charge in [-0.1, -0.05) is 0 Å². The minimum Gasteiger partial charge on any atom is -0.368 e. The first kappa shape index (κ1) is 12.1. The summed E-state index contributed by atoms with van der Waals surface area (Å²) < 4.78 is 0. The minimum atomic E-state index is 0.264. The number of nitrogens with one attached hydrogen (secondary N) is 1. The molecule has 5 heteroatoms. The van der Waals surface area contributed by atoms with E-state index in [4.69, 9.17) is 5.73 Å². The van der Waals surface area contributed by atoms with Gasteiger partial charge in [-0.05, 0) is 26.7 Å². The van der Waals surface area contributed by atoms with Crippen molar-refractivity contribution in [2.24, 2.45) is 5.73 Å². The van der Waals surface area contributed by atoms with Crippen LogP contribution in [0.25, 0.3) is 0 Å². The third-order valence-electron chi connectivity index (χ3n) is 2.87. The van der Waals surface area contributed by atoms with Crippen LogP contribution in [0.3, 0.4) is 0 Å². The molecule has 1 saturated heterocycles. The van der Waals surface area contributed by atoms with E-state index < -0.39 is 0 Å². The highest BCUT2D eigenvalue weighted by molar-refractivity contribution is 5.49. The lowest BCUT2D eigenvalue weighted by Crippen LogP contribution is -2.43. The molecule has 1 aliphatic heterocycles. The molecule has 1 aromatic rings. The topological polar surface area (TPSA) is 67.1 Å². The van der Waals surface area contributed by atoms with Crippen LogP contribution in [0.2, 0.25) is 0 Å². The normalized spacial score (nSPS) is 20.7. The third kappa shape index (κ3) is 3.30. The maximum Gasteiger partial charge on any atom is 0.134 e. The summed E-state index contributed by atoms with van der Waals surface area (Å²) in [5.41, 5.74) is 5.98. The largest absolute Gasteiger partial charge is 0.368 e. The number of nitrogens with zero attached hydrogens (tertiary/aromatic N) is 3. The average Bonchev–Trinajstić information content (AvgIpc) is 2.28. The summed E-state index contributed by atoms with van der Waals surface area (Å²) >= 11 is 0. The first-order valence-electron chi connectivity index (χ1n) is 6.24. The van der Waals surface area contributed by atoms with E-state index in [2.05, 4.69) is 34.0 Å². The van der Waals surface area contributed by atoms with Crippen LogP contribution in [0, 0.1) is 0 Å². The zero-order valence-corrected chi connectivity index (χ0v) is 10.6. The van der Waals surface area contributed by atoms with Crippen LogP contribution in [-0.4, -0.2) is 35.1 Å². The fourth-order valence-corrected chi connectivity index (χ4v) is 2.11. The quantitative estimate of drug-likeness (QED) is 0.824. The zero-order valence-electron chi connectivity index (χ0n) is 10.6. The molecular formula is C12H21N5. The van der Waals surface area contributed by atoms with E-state index in [0.29, 0.717) is 6.04 Å². The van der Waals surface area contributed by atoms with E-state index in [1.807, 2.05) is 6.07 Å². The lowest BCUT2D eigenvalue weighted by atomic mass is 10.1. The first-order valence-corrected chi connectivity index (χ1v) is 6.24. The molecule has 0 radical (unpaired) electrons. The summed E-state index contributed by atoms with van der Waals surface area (Å²) in [5.74, 6) is 1.85. The summed E-state index contributed by atoms with van der Waals surface area (Å²) in [6.07, 6.45) is 3.86. The van der Waals surface area contributed by atoms with E-state index in [1.54, 1.807) is 6.33 Å². The van der Waals surface area contributed by atoms with Crippen molar-refractivity contribution in [3.63, 3.8) is 0 Å². The molecule has 94 valence electrons. The summed E-state index contributed by atoms with van der Waals surface area (Å²) in [6, 6.07) is 2.64. The maximum atomic E-state index is 5.98. The Balaban J connectivity index is 2.09. The Morgan fingerprint density at radius 1 is 1.47 bits per heavy atom. The van der Waals surface area contributed by atoms with Crippen molar-refractivity contribution in [1.29, 1.82) is 0 Å². The van der Waals surface area contributed by atoms with Crippen LogP contribution >= 0.6 is 0 Å². The van der Waals surface area contributed by atoms with Gasteiger partial charge >= 0.3 is 0 Å². The Kier molecular flexibility index (Phi) is 3.78. The predicted octanol–water partition coefficient (Wildman–Crippen LogP) is 1.22. The van der Waals surface area contributed by atoms with E-state index in [1.165, 1.54) is 0 Å². The summed E-state index contributed by atoms with van der Waals surface area (Å²) in [5, 5.41) is 3.29. The Labute approximate surface area is 102 Å². The second-order valence-electron chi connectivity index (χ2n) is 4.91. The molecule has 1 fully saturated rings. The molecule has 0 saturated carbocycles. The van der Waals surface area contributed by atoms with Crippen molar-refractivity contribution >= 4 is 11.6 Å². The average molecular weight is 235 g/mol. The number of hydrogen-bond acceptors (Lipinski definition) is 5. The number of aromatic nitrogens is 2. The van der Waals surface area contributed by atoms with Gasteiger partial charge in [-0.3, -0.25) is 0 Å². The molecule has 0 bridgehead atoms. The van der Waals surface area contributed by atoms with Gasteiger partial charge in [0.15, 0.2) is 0 Å². The SMILES string of the molecule is CC(C)Nc1cc(N2CCCC(N)C2)ncn1. The second-order valence-corrected chi connectivity index (χ2v) is 4.91. The van der Waals surface area contributed by atoms with Crippen molar-refractivity contribution in [2.45, 2.75) is 38.8 Å². The Morgan fingerprint density at radius 2 is 2.29 bits per heavy atom. The fraction of sp³-hybridized carbons (Fsp3) is 0.667. The number of nitrogens with two attached hydrogens (primary N) is 1. The predicted molar refractivity (Wildman–Crippen MR) is 70.2 cm³/mol. The van der Waals surface area contributed by atoms with Crippen LogP contribution in [0.4, 0.5) is 11.6 Å². The molecule has 1 unspecified atom stereocenters. The van der Waals surface area contributed by atoms with Crippen LogP contribution in [0.5, 0.6) is 0 Å². The Bertz CT molecular complexity index is 366. The van der Waals surface area contributed by atoms with Crippen molar-refractivity contribution in [3.05, 3.63) is 12.4 Å². The molecule has 1 aromatic heterocycles. The van der Waals surface area contributed by atoms with E-state index in [0.717, 1.165) is 37.6 Å². The number of piperidine rings is 1. The molecule has 0 aromatic carbocycles. The van der Waals surface area contributed by atoms with Crippen LogP contribution in [-0.2, 0) is 0 Å². The summed E-state index contributed by atoms with van der Waals surface area (Å²) in [4.78, 5) is 10.8. The third-order valence-corrected chi connectivity index (χ3v) is 2.87. The molecule has 5 nitrogen and oxygen atoms in total. The van der Waals surface area contributed by atoms with Gasteiger partial charge in [-0.15, -0.1) is 0 Å². The molecule has 0 spiro atoms. The fourth-order valence-electron chi connectivity index (χ4n) is 2.11. The molecule has 2 rings (SSSR count). The Hall–Kier alpha value is -1.36. The van der Waals surface area contributed by atoms with Crippen LogP contribution < -0.4 is 16.0 Å².